The van der Waals surface area contributed by atoms with Crippen molar-refractivity contribution in [3.63, 3.8) is 0 Å². The van der Waals surface area contributed by atoms with Gasteiger partial charge in [-0.2, -0.15) is 4.31 Å². The molecule has 0 aliphatic rings. The van der Waals surface area contributed by atoms with E-state index < -0.39 is 10.0 Å². The van der Waals surface area contributed by atoms with Crippen LogP contribution in [0.2, 0.25) is 0 Å². The third kappa shape index (κ3) is 2.79. The van der Waals surface area contributed by atoms with Gasteiger partial charge in [-0.3, -0.25) is 0 Å². The quantitative estimate of drug-likeness (QED) is 0.879. The summed E-state index contributed by atoms with van der Waals surface area (Å²) in [5.74, 6) is 1.40. The van der Waals surface area contributed by atoms with Gasteiger partial charge in [-0.15, -0.1) is 0 Å². The molecule has 0 aliphatic carbocycles. The Balaban J connectivity index is 2.33. The van der Waals surface area contributed by atoms with Gasteiger partial charge in [0, 0.05) is 12.6 Å². The molecule has 0 aliphatic heterocycles. The standard InChI is InChI=1S/C13H18N2O4S/c1-3-15(9-11-5-4-6-18-11)20(16,17)13-7-12(8-14)19-10(13)2/h4-7H,3,8-9,14H2,1-2H3. The van der Waals surface area contributed by atoms with Gasteiger partial charge in [0.1, 0.15) is 22.2 Å². The second-order valence-corrected chi connectivity index (χ2v) is 6.25. The van der Waals surface area contributed by atoms with Crippen molar-refractivity contribution in [1.29, 1.82) is 0 Å². The summed E-state index contributed by atoms with van der Waals surface area (Å²) in [5.41, 5.74) is 5.48. The highest BCUT2D eigenvalue weighted by atomic mass is 32.2. The van der Waals surface area contributed by atoms with E-state index in [-0.39, 0.29) is 18.0 Å². The molecule has 0 bridgehead atoms. The van der Waals surface area contributed by atoms with E-state index in [1.54, 1.807) is 26.0 Å². The average molecular weight is 298 g/mol. The van der Waals surface area contributed by atoms with Gasteiger partial charge >= 0.3 is 0 Å². The van der Waals surface area contributed by atoms with Crippen molar-refractivity contribution in [2.75, 3.05) is 6.54 Å². The van der Waals surface area contributed by atoms with Gasteiger partial charge in [0.25, 0.3) is 0 Å². The lowest BCUT2D eigenvalue weighted by atomic mass is 10.4. The lowest BCUT2D eigenvalue weighted by molar-refractivity contribution is 0.374. The number of rotatable bonds is 6. The molecule has 20 heavy (non-hydrogen) atoms. The van der Waals surface area contributed by atoms with Crippen molar-refractivity contribution >= 4 is 10.0 Å². The van der Waals surface area contributed by atoms with Gasteiger partial charge < -0.3 is 14.6 Å². The molecule has 0 saturated heterocycles. The molecule has 2 N–H and O–H groups in total. The number of furan rings is 2. The minimum Gasteiger partial charge on any atom is -0.468 e. The number of nitrogens with zero attached hydrogens (tertiary/aromatic N) is 1. The summed E-state index contributed by atoms with van der Waals surface area (Å²) < 4.78 is 37.1. The molecule has 2 aromatic rings. The van der Waals surface area contributed by atoms with Gasteiger partial charge in [-0.05, 0) is 19.1 Å². The zero-order chi connectivity index (χ0) is 14.8. The zero-order valence-corrected chi connectivity index (χ0v) is 12.3. The van der Waals surface area contributed by atoms with Gasteiger partial charge in [0.2, 0.25) is 10.0 Å². The summed E-state index contributed by atoms with van der Waals surface area (Å²) in [4.78, 5) is 0.159. The van der Waals surface area contributed by atoms with Crippen molar-refractivity contribution in [3.05, 3.63) is 41.7 Å². The molecule has 0 aromatic carbocycles. The molecule has 0 unspecified atom stereocenters. The summed E-state index contributed by atoms with van der Waals surface area (Å²) in [6, 6.07) is 4.95. The van der Waals surface area contributed by atoms with Crippen molar-refractivity contribution in [1.82, 2.24) is 4.31 Å². The molecule has 0 amide bonds. The van der Waals surface area contributed by atoms with Crippen LogP contribution in [0.1, 0.15) is 24.2 Å². The third-order valence-corrected chi connectivity index (χ3v) is 5.04. The first kappa shape index (κ1) is 14.8. The minimum atomic E-state index is -3.62. The third-order valence-electron chi connectivity index (χ3n) is 3.01. The van der Waals surface area contributed by atoms with E-state index in [0.29, 0.717) is 23.8 Å². The molecular weight excluding hydrogens is 280 g/mol. The lowest BCUT2D eigenvalue weighted by Gasteiger charge is -2.18. The number of nitrogens with two attached hydrogens (primary N) is 1. The second-order valence-electron chi connectivity index (χ2n) is 4.35. The predicted octanol–water partition coefficient (Wildman–Crippen LogP) is 1.85. The fourth-order valence-corrected chi connectivity index (χ4v) is 3.56. The van der Waals surface area contributed by atoms with Crippen molar-refractivity contribution in [3.8, 4) is 0 Å². The first-order valence-corrected chi connectivity index (χ1v) is 7.75. The van der Waals surface area contributed by atoms with Crippen LogP contribution in [0.25, 0.3) is 0 Å². The number of hydrogen-bond acceptors (Lipinski definition) is 5. The molecule has 2 heterocycles. The minimum absolute atomic E-state index is 0.159. The largest absolute Gasteiger partial charge is 0.468 e. The summed E-state index contributed by atoms with van der Waals surface area (Å²) in [7, 11) is -3.62. The average Bonchev–Trinajstić information content (AvgIpc) is 3.04. The molecule has 110 valence electrons. The van der Waals surface area contributed by atoms with Gasteiger partial charge in [-0.1, -0.05) is 6.92 Å². The zero-order valence-electron chi connectivity index (χ0n) is 11.5. The molecule has 6 nitrogen and oxygen atoms in total. The maximum Gasteiger partial charge on any atom is 0.246 e. The fourth-order valence-electron chi connectivity index (χ4n) is 1.96. The van der Waals surface area contributed by atoms with E-state index >= 15 is 0 Å². The number of aryl methyl sites for hydroxylation is 1. The predicted molar refractivity (Wildman–Crippen MR) is 73.3 cm³/mol. The number of hydrogen-bond donors (Lipinski definition) is 1. The highest BCUT2D eigenvalue weighted by Crippen LogP contribution is 2.24. The molecule has 0 radical (unpaired) electrons. The molecule has 2 aromatic heterocycles. The Morgan fingerprint density at radius 2 is 2.10 bits per heavy atom. The first-order chi connectivity index (χ1) is 9.48. The Labute approximate surface area is 118 Å². The van der Waals surface area contributed by atoms with Crippen molar-refractivity contribution < 1.29 is 17.3 Å². The van der Waals surface area contributed by atoms with E-state index in [9.17, 15) is 8.42 Å². The van der Waals surface area contributed by atoms with Crippen molar-refractivity contribution in [2.45, 2.75) is 31.8 Å². The molecule has 0 saturated carbocycles. The molecular formula is C13H18N2O4S. The van der Waals surface area contributed by atoms with Crippen LogP contribution in [-0.4, -0.2) is 19.3 Å². The normalized spacial score (nSPS) is 12.2. The molecule has 7 heteroatoms. The Hall–Kier alpha value is -1.57. The van der Waals surface area contributed by atoms with Crippen LogP contribution in [-0.2, 0) is 23.1 Å². The second kappa shape index (κ2) is 5.82. The van der Waals surface area contributed by atoms with Crippen LogP contribution in [0.15, 0.2) is 38.2 Å². The van der Waals surface area contributed by atoms with E-state index in [0.717, 1.165) is 0 Å². The van der Waals surface area contributed by atoms with E-state index in [2.05, 4.69) is 0 Å². The summed E-state index contributed by atoms with van der Waals surface area (Å²) in [5, 5.41) is 0. The van der Waals surface area contributed by atoms with Crippen LogP contribution >= 0.6 is 0 Å². The molecule has 0 spiro atoms. The van der Waals surface area contributed by atoms with Crippen LogP contribution in [0.4, 0.5) is 0 Å². The summed E-state index contributed by atoms with van der Waals surface area (Å²) in [6.45, 7) is 4.09. The molecule has 2 rings (SSSR count). The topological polar surface area (TPSA) is 89.7 Å². The van der Waals surface area contributed by atoms with Gasteiger partial charge in [0.15, 0.2) is 0 Å². The smallest absolute Gasteiger partial charge is 0.246 e. The Kier molecular flexibility index (Phi) is 4.32. The first-order valence-electron chi connectivity index (χ1n) is 6.31. The maximum atomic E-state index is 12.6. The van der Waals surface area contributed by atoms with Gasteiger partial charge in [0.05, 0.1) is 19.4 Å². The summed E-state index contributed by atoms with van der Waals surface area (Å²) >= 11 is 0. The molecule has 0 atom stereocenters. The maximum absolute atomic E-state index is 12.6. The van der Waals surface area contributed by atoms with Crippen molar-refractivity contribution in [2.24, 2.45) is 5.73 Å². The van der Waals surface area contributed by atoms with E-state index in [1.165, 1.54) is 16.6 Å². The molecule has 0 fully saturated rings. The lowest BCUT2D eigenvalue weighted by Crippen LogP contribution is -2.30. The SMILES string of the molecule is CCN(Cc1ccco1)S(=O)(=O)c1cc(CN)oc1C. The monoisotopic (exact) mass is 298 g/mol. The van der Waals surface area contributed by atoms with Crippen LogP contribution in [0, 0.1) is 6.92 Å². The Morgan fingerprint density at radius 3 is 2.60 bits per heavy atom. The Morgan fingerprint density at radius 1 is 1.35 bits per heavy atom. The van der Waals surface area contributed by atoms with E-state index in [4.69, 9.17) is 14.6 Å². The highest BCUT2D eigenvalue weighted by Gasteiger charge is 2.28. The van der Waals surface area contributed by atoms with Crippen LogP contribution in [0.3, 0.4) is 0 Å². The highest BCUT2D eigenvalue weighted by molar-refractivity contribution is 7.89. The number of sulfonamides is 1. The van der Waals surface area contributed by atoms with Gasteiger partial charge in [-0.25, -0.2) is 8.42 Å². The van der Waals surface area contributed by atoms with Crippen LogP contribution < -0.4 is 5.73 Å². The van der Waals surface area contributed by atoms with Crippen LogP contribution in [0.5, 0.6) is 0 Å². The summed E-state index contributed by atoms with van der Waals surface area (Å²) in [6.07, 6.45) is 1.52. The van der Waals surface area contributed by atoms with E-state index in [1.807, 2.05) is 0 Å². The fraction of sp³-hybridized carbons (Fsp3) is 0.385. The Bertz CT molecular complexity index is 659.